The van der Waals surface area contributed by atoms with Crippen molar-refractivity contribution in [3.05, 3.63) is 65.4 Å². The van der Waals surface area contributed by atoms with Crippen molar-refractivity contribution < 1.29 is 9.53 Å². The van der Waals surface area contributed by atoms with Gasteiger partial charge in [0.15, 0.2) is 6.61 Å². The molecule has 0 aliphatic carbocycles. The van der Waals surface area contributed by atoms with E-state index >= 15 is 0 Å². The Hall–Kier alpha value is -2.40. The highest BCUT2D eigenvalue weighted by Gasteiger charge is 2.04. The number of benzene rings is 2. The molecule has 0 saturated carbocycles. The molecular formula is C17H13BrN2O2. The molecule has 0 aliphatic rings. The third kappa shape index (κ3) is 3.62. The Morgan fingerprint density at radius 3 is 2.77 bits per heavy atom. The summed E-state index contributed by atoms with van der Waals surface area (Å²) in [5.74, 6) is 0.445. The lowest BCUT2D eigenvalue weighted by Crippen LogP contribution is -2.20. The second-order valence-electron chi connectivity index (χ2n) is 4.73. The van der Waals surface area contributed by atoms with Crippen LogP contribution in [0.1, 0.15) is 0 Å². The van der Waals surface area contributed by atoms with E-state index in [0.717, 1.165) is 15.2 Å². The van der Waals surface area contributed by atoms with Crippen LogP contribution in [0.15, 0.2) is 65.4 Å². The Morgan fingerprint density at radius 1 is 1.14 bits per heavy atom. The first-order valence-electron chi connectivity index (χ1n) is 6.73. The van der Waals surface area contributed by atoms with Gasteiger partial charge in [0.05, 0.1) is 11.9 Å². The molecule has 0 unspecified atom stereocenters. The van der Waals surface area contributed by atoms with Gasteiger partial charge in [-0.3, -0.25) is 9.78 Å². The van der Waals surface area contributed by atoms with E-state index in [0.29, 0.717) is 11.4 Å². The summed E-state index contributed by atoms with van der Waals surface area (Å²) in [5, 5.41) is 4.90. The second-order valence-corrected chi connectivity index (χ2v) is 5.65. The highest BCUT2D eigenvalue weighted by Crippen LogP contribution is 2.24. The van der Waals surface area contributed by atoms with Gasteiger partial charge in [0.25, 0.3) is 5.91 Å². The number of pyridine rings is 1. The van der Waals surface area contributed by atoms with E-state index in [4.69, 9.17) is 4.74 Å². The van der Waals surface area contributed by atoms with Gasteiger partial charge in [-0.1, -0.05) is 28.1 Å². The molecule has 1 amide bonds. The van der Waals surface area contributed by atoms with Crippen molar-refractivity contribution in [3.63, 3.8) is 0 Å². The molecule has 0 bridgehead atoms. The van der Waals surface area contributed by atoms with Crippen LogP contribution in [-0.4, -0.2) is 17.5 Å². The molecule has 0 spiro atoms. The lowest BCUT2D eigenvalue weighted by atomic mass is 10.1. The van der Waals surface area contributed by atoms with E-state index in [2.05, 4.69) is 26.2 Å². The van der Waals surface area contributed by atoms with E-state index < -0.39 is 0 Å². The molecule has 22 heavy (non-hydrogen) atoms. The monoisotopic (exact) mass is 356 g/mol. The van der Waals surface area contributed by atoms with Crippen molar-refractivity contribution in [3.8, 4) is 5.75 Å². The van der Waals surface area contributed by atoms with Crippen LogP contribution in [0.4, 0.5) is 5.69 Å². The maximum absolute atomic E-state index is 11.8. The van der Waals surface area contributed by atoms with Gasteiger partial charge in [-0.2, -0.15) is 0 Å². The fraction of sp³-hybridized carbons (Fsp3) is 0.0588. The summed E-state index contributed by atoms with van der Waals surface area (Å²) < 4.78 is 6.57. The highest BCUT2D eigenvalue weighted by molar-refractivity contribution is 9.10. The Kier molecular flexibility index (Phi) is 4.34. The number of anilines is 1. The van der Waals surface area contributed by atoms with E-state index in [1.807, 2.05) is 36.4 Å². The molecule has 1 aromatic heterocycles. The summed E-state index contributed by atoms with van der Waals surface area (Å²) >= 11 is 3.44. The van der Waals surface area contributed by atoms with Crippen LogP contribution < -0.4 is 10.1 Å². The van der Waals surface area contributed by atoms with Gasteiger partial charge in [-0.05, 0) is 47.2 Å². The van der Waals surface area contributed by atoms with Crippen LogP contribution >= 0.6 is 15.9 Å². The quantitative estimate of drug-likeness (QED) is 0.768. The number of amides is 1. The van der Waals surface area contributed by atoms with Gasteiger partial charge in [0.2, 0.25) is 0 Å². The topological polar surface area (TPSA) is 51.2 Å². The molecule has 0 saturated heterocycles. The van der Waals surface area contributed by atoms with Crippen molar-refractivity contribution in [2.75, 3.05) is 11.9 Å². The number of carbonyl (C=O) groups excluding carboxylic acids is 1. The summed E-state index contributed by atoms with van der Waals surface area (Å²) in [5.41, 5.74) is 0.652. The average Bonchev–Trinajstić information content (AvgIpc) is 2.54. The van der Waals surface area contributed by atoms with E-state index in [1.54, 1.807) is 24.5 Å². The molecule has 4 nitrogen and oxygen atoms in total. The zero-order chi connectivity index (χ0) is 15.4. The first-order chi connectivity index (χ1) is 10.7. The number of halogens is 1. The number of hydrogen-bond donors (Lipinski definition) is 1. The summed E-state index contributed by atoms with van der Waals surface area (Å²) in [6.07, 6.45) is 3.24. The van der Waals surface area contributed by atoms with Gasteiger partial charge in [-0.25, -0.2) is 0 Å². The number of nitrogens with zero attached hydrogens (tertiary/aromatic N) is 1. The summed E-state index contributed by atoms with van der Waals surface area (Å²) in [4.78, 5) is 15.8. The third-order valence-corrected chi connectivity index (χ3v) is 3.58. The number of fused-ring (bicyclic) bond motifs is 1. The minimum absolute atomic E-state index is 0.0447. The fourth-order valence-corrected chi connectivity index (χ4v) is 2.45. The minimum atomic E-state index is -0.219. The Labute approximate surface area is 136 Å². The van der Waals surface area contributed by atoms with Crippen molar-refractivity contribution in [1.82, 2.24) is 4.98 Å². The summed E-state index contributed by atoms with van der Waals surface area (Å²) in [7, 11) is 0. The number of carbonyl (C=O) groups is 1. The SMILES string of the molecule is O=C(COc1ccc2cc(Br)ccc2c1)Nc1cccnc1. The lowest BCUT2D eigenvalue weighted by molar-refractivity contribution is -0.118. The first kappa shape index (κ1) is 14.5. The molecule has 1 heterocycles. The summed E-state index contributed by atoms with van der Waals surface area (Å²) in [6.45, 7) is -0.0447. The van der Waals surface area contributed by atoms with Crippen LogP contribution in [0.3, 0.4) is 0 Å². The molecule has 0 atom stereocenters. The number of hydrogen-bond acceptors (Lipinski definition) is 3. The molecule has 110 valence electrons. The van der Waals surface area contributed by atoms with Crippen LogP contribution in [0.5, 0.6) is 5.75 Å². The number of ether oxygens (including phenoxy) is 1. The predicted octanol–water partition coefficient (Wildman–Crippen LogP) is 4.01. The molecular weight excluding hydrogens is 344 g/mol. The molecule has 0 radical (unpaired) electrons. The molecule has 0 fully saturated rings. The van der Waals surface area contributed by atoms with Crippen molar-refractivity contribution >= 4 is 38.3 Å². The average molecular weight is 357 g/mol. The Morgan fingerprint density at radius 2 is 1.95 bits per heavy atom. The number of rotatable bonds is 4. The van der Waals surface area contributed by atoms with Gasteiger partial charge in [-0.15, -0.1) is 0 Å². The molecule has 3 aromatic rings. The maximum atomic E-state index is 11.8. The lowest BCUT2D eigenvalue weighted by Gasteiger charge is -2.08. The zero-order valence-electron chi connectivity index (χ0n) is 11.6. The van der Waals surface area contributed by atoms with Gasteiger partial charge in [0.1, 0.15) is 5.75 Å². The van der Waals surface area contributed by atoms with E-state index in [1.165, 1.54) is 0 Å². The van der Waals surface area contributed by atoms with Crippen molar-refractivity contribution in [2.45, 2.75) is 0 Å². The molecule has 0 aliphatic heterocycles. The van der Waals surface area contributed by atoms with Crippen LogP contribution in [0, 0.1) is 0 Å². The third-order valence-electron chi connectivity index (χ3n) is 3.09. The van der Waals surface area contributed by atoms with Gasteiger partial charge >= 0.3 is 0 Å². The maximum Gasteiger partial charge on any atom is 0.262 e. The van der Waals surface area contributed by atoms with E-state index in [9.17, 15) is 4.79 Å². The largest absolute Gasteiger partial charge is 0.484 e. The molecule has 2 aromatic carbocycles. The molecule has 5 heteroatoms. The van der Waals surface area contributed by atoms with Gasteiger partial charge < -0.3 is 10.1 Å². The second kappa shape index (κ2) is 6.58. The van der Waals surface area contributed by atoms with E-state index in [-0.39, 0.29) is 12.5 Å². The highest BCUT2D eigenvalue weighted by atomic mass is 79.9. The smallest absolute Gasteiger partial charge is 0.262 e. The number of nitrogens with one attached hydrogen (secondary N) is 1. The van der Waals surface area contributed by atoms with Crippen LogP contribution in [0.25, 0.3) is 10.8 Å². The van der Waals surface area contributed by atoms with Crippen molar-refractivity contribution in [2.24, 2.45) is 0 Å². The van der Waals surface area contributed by atoms with Crippen LogP contribution in [0.2, 0.25) is 0 Å². The van der Waals surface area contributed by atoms with Crippen LogP contribution in [-0.2, 0) is 4.79 Å². The Bertz CT molecular complexity index is 806. The normalized spacial score (nSPS) is 10.4. The van der Waals surface area contributed by atoms with Crippen molar-refractivity contribution in [1.29, 1.82) is 0 Å². The first-order valence-corrected chi connectivity index (χ1v) is 7.52. The zero-order valence-corrected chi connectivity index (χ0v) is 13.2. The predicted molar refractivity (Wildman–Crippen MR) is 90.0 cm³/mol. The fourth-order valence-electron chi connectivity index (χ4n) is 2.07. The Balaban J connectivity index is 1.63. The summed E-state index contributed by atoms with van der Waals surface area (Å²) in [6, 6.07) is 15.3. The molecule has 3 rings (SSSR count). The molecule has 1 N–H and O–H groups in total. The minimum Gasteiger partial charge on any atom is -0.484 e. The van der Waals surface area contributed by atoms with Gasteiger partial charge in [0, 0.05) is 10.7 Å². The number of aromatic nitrogens is 1. The standard InChI is InChI=1S/C17H13BrN2O2/c18-14-5-3-13-9-16(6-4-12(13)8-14)22-11-17(21)20-15-2-1-7-19-10-15/h1-10H,11H2,(H,20,21).